The second-order valence-electron chi connectivity index (χ2n) is 6.68. The maximum Gasteiger partial charge on any atom is 0.249 e. The predicted molar refractivity (Wildman–Crippen MR) is 120 cm³/mol. The molecule has 0 bridgehead atoms. The van der Waals surface area contributed by atoms with Gasteiger partial charge in [-0.05, 0) is 31.2 Å². The third kappa shape index (κ3) is 5.12. The standard InChI is InChI=1S/C23H23N6S/c1-2-29(18-17-28-15-7-4-8-16-28)21-13-11-20(12-14-21)25-26-23-24-22(27-30-23)19-9-5-3-6-10-19/h3-16H,2,17-18H2,1H3/q+1. The van der Waals surface area contributed by atoms with Gasteiger partial charge in [0.05, 0.1) is 12.2 Å². The first-order valence-electron chi connectivity index (χ1n) is 9.92. The van der Waals surface area contributed by atoms with E-state index in [1.807, 2.05) is 48.5 Å². The average molecular weight is 416 g/mol. The molecule has 2 aromatic carbocycles. The molecule has 0 saturated carbocycles. The van der Waals surface area contributed by atoms with E-state index in [1.54, 1.807) is 0 Å². The van der Waals surface area contributed by atoms with Gasteiger partial charge in [0.25, 0.3) is 0 Å². The van der Waals surface area contributed by atoms with Crippen molar-refractivity contribution in [1.29, 1.82) is 0 Å². The first kappa shape index (κ1) is 19.8. The molecule has 0 fully saturated rings. The third-order valence-electron chi connectivity index (χ3n) is 4.70. The number of hydrogen-bond donors (Lipinski definition) is 0. The van der Waals surface area contributed by atoms with E-state index in [0.717, 1.165) is 30.9 Å². The highest BCUT2D eigenvalue weighted by molar-refractivity contribution is 7.09. The van der Waals surface area contributed by atoms with E-state index >= 15 is 0 Å². The number of azo groups is 1. The number of nitrogens with zero attached hydrogens (tertiary/aromatic N) is 6. The Morgan fingerprint density at radius 3 is 2.37 bits per heavy atom. The smallest absolute Gasteiger partial charge is 0.249 e. The summed E-state index contributed by atoms with van der Waals surface area (Å²) in [5, 5.41) is 9.11. The van der Waals surface area contributed by atoms with Crippen LogP contribution in [0.4, 0.5) is 16.5 Å². The van der Waals surface area contributed by atoms with Crippen molar-refractivity contribution in [1.82, 2.24) is 9.36 Å². The molecule has 4 aromatic rings. The summed E-state index contributed by atoms with van der Waals surface area (Å²) in [4.78, 5) is 6.79. The zero-order valence-corrected chi connectivity index (χ0v) is 17.6. The van der Waals surface area contributed by atoms with Crippen LogP contribution in [0.5, 0.6) is 0 Å². The van der Waals surface area contributed by atoms with Gasteiger partial charge in [-0.3, -0.25) is 0 Å². The van der Waals surface area contributed by atoms with Crippen LogP contribution in [0.3, 0.4) is 0 Å². The molecule has 0 radical (unpaired) electrons. The maximum absolute atomic E-state index is 4.44. The van der Waals surface area contributed by atoms with Crippen LogP contribution in [-0.2, 0) is 6.54 Å². The van der Waals surface area contributed by atoms with Gasteiger partial charge in [-0.1, -0.05) is 36.4 Å². The van der Waals surface area contributed by atoms with Crippen LogP contribution >= 0.6 is 11.5 Å². The molecule has 2 heterocycles. The van der Waals surface area contributed by atoms with Crippen molar-refractivity contribution in [3.05, 3.63) is 85.2 Å². The van der Waals surface area contributed by atoms with Gasteiger partial charge in [0.1, 0.15) is 0 Å². The minimum absolute atomic E-state index is 0.549. The molecule has 150 valence electrons. The van der Waals surface area contributed by atoms with Crippen molar-refractivity contribution >= 4 is 28.0 Å². The van der Waals surface area contributed by atoms with E-state index in [0.29, 0.717) is 11.0 Å². The largest absolute Gasteiger partial charge is 0.365 e. The Balaban J connectivity index is 1.38. The Kier molecular flexibility index (Phi) is 6.51. The molecule has 0 N–H and O–H groups in total. The number of pyridine rings is 1. The molecule has 4 rings (SSSR count). The molecule has 0 unspecified atom stereocenters. The number of likely N-dealkylation sites (N-methyl/N-ethyl adjacent to an activating group) is 1. The molecular formula is C23H23N6S+. The Hall–Kier alpha value is -3.45. The average Bonchev–Trinajstić information content (AvgIpc) is 3.29. The van der Waals surface area contributed by atoms with Gasteiger partial charge >= 0.3 is 0 Å². The molecule has 0 aliphatic rings. The number of anilines is 1. The monoisotopic (exact) mass is 415 g/mol. The second-order valence-corrected chi connectivity index (χ2v) is 7.41. The van der Waals surface area contributed by atoms with Gasteiger partial charge in [0.2, 0.25) is 5.13 Å². The molecule has 2 aromatic heterocycles. The third-order valence-corrected chi connectivity index (χ3v) is 5.30. The first-order chi connectivity index (χ1) is 14.8. The minimum atomic E-state index is 0.549. The van der Waals surface area contributed by atoms with Gasteiger partial charge in [-0.15, -0.1) is 10.2 Å². The van der Waals surface area contributed by atoms with Crippen LogP contribution < -0.4 is 9.47 Å². The lowest BCUT2D eigenvalue weighted by molar-refractivity contribution is -0.694. The van der Waals surface area contributed by atoms with Crippen LogP contribution in [0.25, 0.3) is 11.4 Å². The van der Waals surface area contributed by atoms with Crippen LogP contribution in [0.2, 0.25) is 0 Å². The molecule has 6 nitrogen and oxygen atoms in total. The topological polar surface area (TPSA) is 57.6 Å². The fourth-order valence-corrected chi connectivity index (χ4v) is 3.60. The van der Waals surface area contributed by atoms with Crippen LogP contribution in [0, 0.1) is 0 Å². The lowest BCUT2D eigenvalue weighted by atomic mass is 10.2. The van der Waals surface area contributed by atoms with Crippen molar-refractivity contribution in [3.63, 3.8) is 0 Å². The summed E-state index contributed by atoms with van der Waals surface area (Å²) in [6, 6.07) is 24.2. The Morgan fingerprint density at radius 2 is 1.63 bits per heavy atom. The van der Waals surface area contributed by atoms with Crippen LogP contribution in [0.1, 0.15) is 6.92 Å². The molecule has 0 aliphatic carbocycles. The fourth-order valence-electron chi connectivity index (χ4n) is 3.08. The quantitative estimate of drug-likeness (QED) is 0.285. The van der Waals surface area contributed by atoms with E-state index in [1.165, 1.54) is 17.2 Å². The van der Waals surface area contributed by atoms with Crippen molar-refractivity contribution in [2.24, 2.45) is 10.2 Å². The highest BCUT2D eigenvalue weighted by Crippen LogP contribution is 2.25. The molecule has 0 aliphatic heterocycles. The molecule has 7 heteroatoms. The highest BCUT2D eigenvalue weighted by atomic mass is 32.1. The van der Waals surface area contributed by atoms with E-state index in [-0.39, 0.29) is 0 Å². The number of benzene rings is 2. The van der Waals surface area contributed by atoms with Crippen molar-refractivity contribution in [2.75, 3.05) is 18.0 Å². The van der Waals surface area contributed by atoms with Gasteiger partial charge in [-0.2, -0.15) is 9.36 Å². The SMILES string of the molecule is CCN(CC[n+]1ccccc1)c1ccc(N=Nc2nc(-c3ccccc3)ns2)cc1. The normalized spacial score (nSPS) is 11.1. The van der Waals surface area contributed by atoms with E-state index in [2.05, 4.69) is 72.6 Å². The second kappa shape index (κ2) is 9.84. The Bertz CT molecular complexity index is 1080. The van der Waals surface area contributed by atoms with Gasteiger partial charge in [0, 0.05) is 41.5 Å². The summed E-state index contributed by atoms with van der Waals surface area (Å²) >= 11 is 1.25. The van der Waals surface area contributed by atoms with E-state index < -0.39 is 0 Å². The summed E-state index contributed by atoms with van der Waals surface area (Å²) < 4.78 is 6.55. The van der Waals surface area contributed by atoms with Crippen molar-refractivity contribution in [2.45, 2.75) is 13.5 Å². The summed E-state index contributed by atoms with van der Waals surface area (Å²) in [5.74, 6) is 0.680. The molecular weight excluding hydrogens is 392 g/mol. The fraction of sp³-hybridized carbons (Fsp3) is 0.174. The molecule has 0 saturated heterocycles. The minimum Gasteiger partial charge on any atom is -0.365 e. The van der Waals surface area contributed by atoms with Crippen molar-refractivity contribution < 1.29 is 4.57 Å². The van der Waals surface area contributed by atoms with E-state index in [4.69, 9.17) is 0 Å². The summed E-state index contributed by atoms with van der Waals surface area (Å²) in [7, 11) is 0. The van der Waals surface area contributed by atoms with Gasteiger partial charge in [0.15, 0.2) is 24.8 Å². The number of hydrogen-bond acceptors (Lipinski definition) is 6. The first-order valence-corrected chi connectivity index (χ1v) is 10.7. The summed E-state index contributed by atoms with van der Waals surface area (Å²) in [6.45, 7) is 5.00. The van der Waals surface area contributed by atoms with Crippen LogP contribution in [-0.4, -0.2) is 22.4 Å². The highest BCUT2D eigenvalue weighted by Gasteiger charge is 2.08. The lowest BCUT2D eigenvalue weighted by Gasteiger charge is -2.21. The van der Waals surface area contributed by atoms with Gasteiger partial charge in [-0.25, -0.2) is 4.57 Å². The summed E-state index contributed by atoms with van der Waals surface area (Å²) in [5.41, 5.74) is 2.95. The predicted octanol–water partition coefficient (Wildman–Crippen LogP) is 5.43. The Labute approximate surface area is 180 Å². The molecule has 0 amide bonds. The molecule has 30 heavy (non-hydrogen) atoms. The van der Waals surface area contributed by atoms with Gasteiger partial charge < -0.3 is 4.90 Å². The zero-order valence-electron chi connectivity index (χ0n) is 16.8. The van der Waals surface area contributed by atoms with E-state index in [9.17, 15) is 0 Å². The number of rotatable bonds is 8. The van der Waals surface area contributed by atoms with Crippen LogP contribution in [0.15, 0.2) is 95.4 Å². The molecule has 0 atom stereocenters. The Morgan fingerprint density at radius 1 is 0.900 bits per heavy atom. The van der Waals surface area contributed by atoms with Crippen molar-refractivity contribution in [3.8, 4) is 11.4 Å². The maximum atomic E-state index is 4.44. The zero-order chi connectivity index (χ0) is 20.6. The number of aromatic nitrogens is 3. The lowest BCUT2D eigenvalue weighted by Crippen LogP contribution is -2.40. The molecule has 0 spiro atoms. The summed E-state index contributed by atoms with van der Waals surface area (Å²) in [6.07, 6.45) is 4.18.